The summed E-state index contributed by atoms with van der Waals surface area (Å²) < 4.78 is 0. The minimum atomic E-state index is -0.216. The molecular weight excluding hydrogens is 394 g/mol. The van der Waals surface area contributed by atoms with E-state index < -0.39 is 0 Å². The molecule has 146 valence electrons. The second kappa shape index (κ2) is 8.03. The number of fused-ring (bicyclic) bond motifs is 1. The Balaban J connectivity index is 1.40. The monoisotopic (exact) mass is 415 g/mol. The highest BCUT2D eigenvalue weighted by Gasteiger charge is 2.27. The highest BCUT2D eigenvalue weighted by molar-refractivity contribution is 7.16. The quantitative estimate of drug-likeness (QED) is 0.702. The van der Waals surface area contributed by atoms with E-state index in [-0.39, 0.29) is 11.9 Å². The van der Waals surface area contributed by atoms with Gasteiger partial charge in [0.2, 0.25) is 5.91 Å². The SMILES string of the molecule is Cc1c(Cl)cccc1NC(=O)C(C)N1CCN(c2ncnc3sccc23)CC1. The van der Waals surface area contributed by atoms with Crippen molar-refractivity contribution < 1.29 is 4.79 Å². The van der Waals surface area contributed by atoms with Gasteiger partial charge < -0.3 is 10.2 Å². The summed E-state index contributed by atoms with van der Waals surface area (Å²) in [4.78, 5) is 27.0. The van der Waals surface area contributed by atoms with E-state index in [0.717, 1.165) is 53.5 Å². The Kier molecular flexibility index (Phi) is 5.48. The molecule has 1 aromatic carbocycles. The van der Waals surface area contributed by atoms with Crippen LogP contribution in [0.15, 0.2) is 36.0 Å². The van der Waals surface area contributed by atoms with Gasteiger partial charge in [-0.2, -0.15) is 0 Å². The van der Waals surface area contributed by atoms with Gasteiger partial charge in [0.05, 0.1) is 11.4 Å². The van der Waals surface area contributed by atoms with E-state index in [1.165, 1.54) is 0 Å². The summed E-state index contributed by atoms with van der Waals surface area (Å²) >= 11 is 7.78. The Morgan fingerprint density at radius 2 is 2.00 bits per heavy atom. The first kappa shape index (κ1) is 19.1. The molecule has 3 heterocycles. The summed E-state index contributed by atoms with van der Waals surface area (Å²) in [6, 6.07) is 7.41. The van der Waals surface area contributed by atoms with Gasteiger partial charge >= 0.3 is 0 Å². The lowest BCUT2D eigenvalue weighted by molar-refractivity contribution is -0.120. The highest BCUT2D eigenvalue weighted by Crippen LogP contribution is 2.28. The van der Waals surface area contributed by atoms with Crippen molar-refractivity contribution in [1.82, 2.24) is 14.9 Å². The molecule has 1 fully saturated rings. The van der Waals surface area contributed by atoms with Crippen LogP contribution in [-0.4, -0.2) is 53.0 Å². The Bertz CT molecular complexity index is 999. The van der Waals surface area contributed by atoms with Crippen molar-refractivity contribution in [3.63, 3.8) is 0 Å². The van der Waals surface area contributed by atoms with Gasteiger partial charge in [-0.25, -0.2) is 9.97 Å². The van der Waals surface area contributed by atoms with Gasteiger partial charge in [-0.3, -0.25) is 9.69 Å². The molecule has 8 heteroatoms. The van der Waals surface area contributed by atoms with Crippen LogP contribution < -0.4 is 10.2 Å². The number of nitrogens with one attached hydrogen (secondary N) is 1. The van der Waals surface area contributed by atoms with Gasteiger partial charge in [0.15, 0.2) is 0 Å². The first-order chi connectivity index (χ1) is 13.5. The van der Waals surface area contributed by atoms with Gasteiger partial charge in [0.25, 0.3) is 0 Å². The van der Waals surface area contributed by atoms with Gasteiger partial charge in [-0.1, -0.05) is 17.7 Å². The Morgan fingerprint density at radius 1 is 1.21 bits per heavy atom. The molecule has 1 aliphatic heterocycles. The maximum absolute atomic E-state index is 12.7. The molecule has 1 N–H and O–H groups in total. The second-order valence-electron chi connectivity index (χ2n) is 6.94. The minimum absolute atomic E-state index is 0.0129. The van der Waals surface area contributed by atoms with Gasteiger partial charge in [0.1, 0.15) is 17.0 Å². The number of thiophene rings is 1. The zero-order chi connectivity index (χ0) is 19.7. The summed E-state index contributed by atoms with van der Waals surface area (Å²) in [5, 5.41) is 6.82. The van der Waals surface area contributed by atoms with Crippen LogP contribution in [0.2, 0.25) is 5.02 Å². The highest BCUT2D eigenvalue weighted by atomic mass is 35.5. The largest absolute Gasteiger partial charge is 0.353 e. The van der Waals surface area contributed by atoms with Crippen LogP contribution in [0.1, 0.15) is 12.5 Å². The number of halogens is 1. The number of anilines is 2. The number of aromatic nitrogens is 2. The predicted molar refractivity (Wildman–Crippen MR) is 115 cm³/mol. The number of hydrogen-bond acceptors (Lipinski definition) is 6. The molecule has 1 atom stereocenters. The van der Waals surface area contributed by atoms with Crippen molar-refractivity contribution in [2.24, 2.45) is 0 Å². The van der Waals surface area contributed by atoms with Crippen molar-refractivity contribution in [3.8, 4) is 0 Å². The van der Waals surface area contributed by atoms with Crippen LogP contribution in [0, 0.1) is 6.92 Å². The fourth-order valence-corrected chi connectivity index (χ4v) is 4.40. The number of nitrogens with zero attached hydrogens (tertiary/aromatic N) is 4. The van der Waals surface area contributed by atoms with Gasteiger partial charge in [-0.05, 0) is 43.0 Å². The summed E-state index contributed by atoms with van der Waals surface area (Å²) in [7, 11) is 0. The van der Waals surface area contributed by atoms with E-state index in [1.54, 1.807) is 17.7 Å². The first-order valence-corrected chi connectivity index (χ1v) is 10.5. The van der Waals surface area contributed by atoms with Crippen LogP contribution in [-0.2, 0) is 4.79 Å². The Labute approximate surface area is 173 Å². The molecule has 3 aromatic rings. The van der Waals surface area contributed by atoms with E-state index >= 15 is 0 Å². The predicted octanol–water partition coefficient (Wildman–Crippen LogP) is 3.80. The van der Waals surface area contributed by atoms with E-state index in [4.69, 9.17) is 11.6 Å². The number of piperazine rings is 1. The summed E-state index contributed by atoms with van der Waals surface area (Å²) in [5.74, 6) is 0.971. The maximum atomic E-state index is 12.7. The third-order valence-corrected chi connectivity index (χ3v) is 6.54. The first-order valence-electron chi connectivity index (χ1n) is 9.28. The third-order valence-electron chi connectivity index (χ3n) is 5.31. The smallest absolute Gasteiger partial charge is 0.241 e. The number of hydrogen-bond donors (Lipinski definition) is 1. The minimum Gasteiger partial charge on any atom is -0.353 e. The van der Waals surface area contributed by atoms with Gasteiger partial charge in [0, 0.05) is 36.9 Å². The lowest BCUT2D eigenvalue weighted by Crippen LogP contribution is -2.53. The lowest BCUT2D eigenvalue weighted by Gasteiger charge is -2.38. The van der Waals surface area contributed by atoms with Crippen molar-refractivity contribution >= 4 is 50.6 Å². The Hall–Kier alpha value is -2.22. The van der Waals surface area contributed by atoms with Gasteiger partial charge in [-0.15, -0.1) is 11.3 Å². The molecule has 1 aliphatic rings. The second-order valence-corrected chi connectivity index (χ2v) is 8.24. The van der Waals surface area contributed by atoms with E-state index in [9.17, 15) is 4.79 Å². The average molecular weight is 416 g/mol. The Morgan fingerprint density at radius 3 is 2.79 bits per heavy atom. The molecule has 1 unspecified atom stereocenters. The fraction of sp³-hybridized carbons (Fsp3) is 0.350. The zero-order valence-corrected chi connectivity index (χ0v) is 17.4. The topological polar surface area (TPSA) is 61.4 Å². The molecule has 0 radical (unpaired) electrons. The van der Waals surface area contributed by atoms with Crippen LogP contribution in [0.5, 0.6) is 0 Å². The van der Waals surface area contributed by atoms with E-state index in [2.05, 4.69) is 31.2 Å². The summed E-state index contributed by atoms with van der Waals surface area (Å²) in [6.45, 7) is 7.13. The van der Waals surface area contributed by atoms with Crippen LogP contribution in [0.4, 0.5) is 11.5 Å². The number of rotatable bonds is 4. The average Bonchev–Trinajstić information content (AvgIpc) is 3.20. The van der Waals surface area contributed by atoms with Crippen molar-refractivity contribution in [1.29, 1.82) is 0 Å². The van der Waals surface area contributed by atoms with Crippen LogP contribution in [0.3, 0.4) is 0 Å². The molecule has 1 amide bonds. The number of amides is 1. The summed E-state index contributed by atoms with van der Waals surface area (Å²) in [5.41, 5.74) is 1.65. The number of carbonyl (C=O) groups excluding carboxylic acids is 1. The van der Waals surface area contributed by atoms with Crippen molar-refractivity contribution in [2.75, 3.05) is 36.4 Å². The van der Waals surface area contributed by atoms with Crippen LogP contribution >= 0.6 is 22.9 Å². The number of benzene rings is 1. The molecule has 0 bridgehead atoms. The van der Waals surface area contributed by atoms with E-state index in [1.807, 2.05) is 37.4 Å². The normalized spacial score (nSPS) is 16.3. The lowest BCUT2D eigenvalue weighted by atomic mass is 10.1. The maximum Gasteiger partial charge on any atom is 0.241 e. The molecule has 0 saturated carbocycles. The number of carbonyl (C=O) groups is 1. The molecule has 28 heavy (non-hydrogen) atoms. The molecular formula is C20H22ClN5OS. The van der Waals surface area contributed by atoms with E-state index in [0.29, 0.717) is 5.02 Å². The third kappa shape index (κ3) is 3.70. The fourth-order valence-electron chi connectivity index (χ4n) is 3.50. The molecule has 6 nitrogen and oxygen atoms in total. The standard InChI is InChI=1S/C20H22ClN5OS/c1-13-16(21)4-3-5-17(13)24-19(27)14(2)25-7-9-26(10-8-25)18-15-6-11-28-20(15)23-12-22-18/h3-6,11-12,14H,7-10H2,1-2H3,(H,24,27). The molecule has 0 aliphatic carbocycles. The zero-order valence-electron chi connectivity index (χ0n) is 15.9. The molecule has 2 aromatic heterocycles. The van der Waals surface area contributed by atoms with Crippen molar-refractivity contribution in [3.05, 3.63) is 46.6 Å². The van der Waals surface area contributed by atoms with Crippen LogP contribution in [0.25, 0.3) is 10.2 Å². The summed E-state index contributed by atoms with van der Waals surface area (Å²) in [6.07, 6.45) is 1.63. The van der Waals surface area contributed by atoms with Crippen molar-refractivity contribution in [2.45, 2.75) is 19.9 Å². The molecule has 0 spiro atoms. The molecule has 1 saturated heterocycles. The molecule has 4 rings (SSSR count).